The molecular weight excluding hydrogens is 276 g/mol. The largest absolute Gasteiger partial charge is 0.298 e. The second-order valence-corrected chi connectivity index (χ2v) is 5.31. The Bertz CT molecular complexity index is 566. The molecule has 0 unspecified atom stereocenters. The molecule has 2 aromatic rings. The topological polar surface area (TPSA) is 17.1 Å². The van der Waals surface area contributed by atoms with Gasteiger partial charge in [-0.05, 0) is 31.0 Å². The lowest BCUT2D eigenvalue weighted by Crippen LogP contribution is -1.89. The summed E-state index contributed by atoms with van der Waals surface area (Å²) in [5.74, 6) is 0. The molecule has 0 spiro atoms. The van der Waals surface area contributed by atoms with Crippen LogP contribution in [0.2, 0.25) is 0 Å². The number of halogens is 1. The van der Waals surface area contributed by atoms with E-state index in [1.54, 1.807) is 11.8 Å². The van der Waals surface area contributed by atoms with E-state index < -0.39 is 0 Å². The van der Waals surface area contributed by atoms with E-state index in [1.165, 1.54) is 16.0 Å². The second-order valence-electron chi connectivity index (χ2n) is 4.22. The summed E-state index contributed by atoms with van der Waals surface area (Å²) in [6, 6.07) is 14.2. The minimum absolute atomic E-state index is 0. The van der Waals surface area contributed by atoms with Crippen molar-refractivity contribution in [3.8, 4) is 0 Å². The maximum Gasteiger partial charge on any atom is 0.151 e. The molecule has 0 aromatic heterocycles. The molecule has 0 atom stereocenters. The molecule has 0 bridgehead atoms. The van der Waals surface area contributed by atoms with Crippen molar-refractivity contribution >= 4 is 30.5 Å². The highest BCUT2D eigenvalue weighted by Gasteiger charge is 2.06. The second kappa shape index (κ2) is 7.37. The van der Waals surface area contributed by atoms with E-state index in [0.29, 0.717) is 0 Å². The van der Waals surface area contributed by atoms with Gasteiger partial charge >= 0.3 is 0 Å². The van der Waals surface area contributed by atoms with Gasteiger partial charge in [-0.3, -0.25) is 4.79 Å². The molecule has 1 nitrogen and oxygen atoms in total. The van der Waals surface area contributed by atoms with Gasteiger partial charge in [0.05, 0.1) is 0 Å². The molecule has 0 saturated carbocycles. The Balaban J connectivity index is 0.00000180. The zero-order chi connectivity index (χ0) is 13.0. The summed E-state index contributed by atoms with van der Waals surface area (Å²) in [5, 5.41) is 0. The highest BCUT2D eigenvalue weighted by Crippen LogP contribution is 2.32. The van der Waals surface area contributed by atoms with E-state index >= 15 is 0 Å². The van der Waals surface area contributed by atoms with Crippen LogP contribution >= 0.6 is 24.2 Å². The normalized spacial score (nSPS) is 9.79. The summed E-state index contributed by atoms with van der Waals surface area (Å²) in [6.45, 7) is 4.26. The molecule has 0 aliphatic carbocycles. The van der Waals surface area contributed by atoms with E-state index in [2.05, 4.69) is 32.0 Å². The van der Waals surface area contributed by atoms with Gasteiger partial charge in [0.25, 0.3) is 0 Å². The predicted molar refractivity (Wildman–Crippen MR) is 83.8 cm³/mol. The number of benzene rings is 2. The first-order valence-electron chi connectivity index (χ1n) is 6.06. The van der Waals surface area contributed by atoms with E-state index in [9.17, 15) is 4.79 Å². The number of carbonyl (C=O) groups excluding carboxylic acids is 1. The molecule has 2 aromatic carbocycles. The van der Waals surface area contributed by atoms with Crippen LogP contribution in [0.25, 0.3) is 0 Å². The smallest absolute Gasteiger partial charge is 0.151 e. The van der Waals surface area contributed by atoms with Crippen molar-refractivity contribution < 1.29 is 4.79 Å². The molecule has 0 aliphatic heterocycles. The van der Waals surface area contributed by atoms with Gasteiger partial charge < -0.3 is 0 Å². The third-order valence-electron chi connectivity index (χ3n) is 2.86. The first-order valence-corrected chi connectivity index (χ1v) is 6.88. The minimum atomic E-state index is 0. The average molecular weight is 293 g/mol. The maximum absolute atomic E-state index is 11.0. The van der Waals surface area contributed by atoms with E-state index in [-0.39, 0.29) is 12.4 Å². The fourth-order valence-electron chi connectivity index (χ4n) is 1.87. The fourth-order valence-corrected chi connectivity index (χ4v) is 2.96. The average Bonchev–Trinajstić information content (AvgIpc) is 2.41. The molecule has 0 N–H and O–H groups in total. The monoisotopic (exact) mass is 292 g/mol. The fraction of sp³-hybridized carbons (Fsp3) is 0.188. The number of rotatable bonds is 4. The number of hydrogen-bond donors (Lipinski definition) is 0. The van der Waals surface area contributed by atoms with Crippen LogP contribution in [0.1, 0.15) is 28.4 Å². The van der Waals surface area contributed by atoms with Crippen molar-refractivity contribution in [2.75, 3.05) is 0 Å². The molecule has 0 saturated heterocycles. The molecule has 19 heavy (non-hydrogen) atoms. The zero-order valence-corrected chi connectivity index (χ0v) is 12.7. The van der Waals surface area contributed by atoms with Crippen molar-refractivity contribution in [1.29, 1.82) is 0 Å². The number of aldehydes is 1. The van der Waals surface area contributed by atoms with Crippen LogP contribution < -0.4 is 0 Å². The Hall–Kier alpha value is -1.25. The van der Waals surface area contributed by atoms with E-state index in [1.807, 2.05) is 24.3 Å². The zero-order valence-electron chi connectivity index (χ0n) is 11.1. The summed E-state index contributed by atoms with van der Waals surface area (Å²) in [4.78, 5) is 13.3. The lowest BCUT2D eigenvalue weighted by atomic mass is 10.1. The predicted octanol–water partition coefficient (Wildman–Crippen LogP) is 4.94. The van der Waals surface area contributed by atoms with Gasteiger partial charge in [0.15, 0.2) is 6.29 Å². The number of hydrogen-bond acceptors (Lipinski definition) is 2. The standard InChI is InChI=1S/C16H16OS.ClH/c1-3-13-10-12(2)8-9-16(13)18-15-7-5-4-6-14(15)11-17;/h4-11H,3H2,1-2H3;1H. The van der Waals surface area contributed by atoms with Gasteiger partial charge in [0.2, 0.25) is 0 Å². The molecular formula is C16H17ClOS. The molecule has 0 aliphatic rings. The van der Waals surface area contributed by atoms with Crippen LogP contribution in [0, 0.1) is 6.92 Å². The van der Waals surface area contributed by atoms with Gasteiger partial charge in [0, 0.05) is 15.4 Å². The highest BCUT2D eigenvalue weighted by atomic mass is 35.5. The maximum atomic E-state index is 11.0. The number of carbonyl (C=O) groups is 1. The Morgan fingerprint density at radius 1 is 1.11 bits per heavy atom. The minimum Gasteiger partial charge on any atom is -0.298 e. The van der Waals surface area contributed by atoms with Gasteiger partial charge in [-0.15, -0.1) is 12.4 Å². The van der Waals surface area contributed by atoms with Crippen molar-refractivity contribution in [3.05, 3.63) is 59.2 Å². The Labute approximate surface area is 124 Å². The summed E-state index contributed by atoms with van der Waals surface area (Å²) in [6.07, 6.45) is 1.93. The van der Waals surface area contributed by atoms with E-state index in [4.69, 9.17) is 0 Å². The third kappa shape index (κ3) is 3.85. The highest BCUT2D eigenvalue weighted by molar-refractivity contribution is 7.99. The SMILES string of the molecule is CCc1cc(C)ccc1Sc1ccccc1C=O.Cl. The Kier molecular flexibility index (Phi) is 6.13. The summed E-state index contributed by atoms with van der Waals surface area (Å²) >= 11 is 1.67. The quantitative estimate of drug-likeness (QED) is 0.742. The molecule has 0 amide bonds. The first kappa shape index (κ1) is 15.8. The Morgan fingerprint density at radius 2 is 1.84 bits per heavy atom. The van der Waals surface area contributed by atoms with Crippen LogP contribution in [0.4, 0.5) is 0 Å². The lowest BCUT2D eigenvalue weighted by molar-refractivity contribution is 0.112. The van der Waals surface area contributed by atoms with Gasteiger partial charge in [0.1, 0.15) is 0 Å². The van der Waals surface area contributed by atoms with Crippen LogP contribution in [0.15, 0.2) is 52.3 Å². The van der Waals surface area contributed by atoms with Gasteiger partial charge in [-0.1, -0.05) is 54.6 Å². The molecule has 0 heterocycles. The molecule has 100 valence electrons. The molecule has 0 fully saturated rings. The Morgan fingerprint density at radius 3 is 2.53 bits per heavy atom. The van der Waals surface area contributed by atoms with Crippen LogP contribution in [0.5, 0.6) is 0 Å². The third-order valence-corrected chi connectivity index (χ3v) is 4.07. The van der Waals surface area contributed by atoms with Crippen LogP contribution in [0.3, 0.4) is 0 Å². The number of aryl methyl sites for hydroxylation is 2. The summed E-state index contributed by atoms with van der Waals surface area (Å²) < 4.78 is 0. The summed E-state index contributed by atoms with van der Waals surface area (Å²) in [7, 11) is 0. The van der Waals surface area contributed by atoms with Crippen LogP contribution in [-0.2, 0) is 6.42 Å². The lowest BCUT2D eigenvalue weighted by Gasteiger charge is -2.09. The first-order chi connectivity index (χ1) is 8.74. The molecule has 0 radical (unpaired) electrons. The molecule has 3 heteroatoms. The van der Waals surface area contributed by atoms with Gasteiger partial charge in [-0.2, -0.15) is 0 Å². The van der Waals surface area contributed by atoms with Crippen LogP contribution in [-0.4, -0.2) is 6.29 Å². The summed E-state index contributed by atoms with van der Waals surface area (Å²) in [5.41, 5.74) is 3.37. The van der Waals surface area contributed by atoms with E-state index in [0.717, 1.165) is 23.2 Å². The van der Waals surface area contributed by atoms with Crippen molar-refractivity contribution in [2.24, 2.45) is 0 Å². The van der Waals surface area contributed by atoms with Gasteiger partial charge in [-0.25, -0.2) is 0 Å². The molecule has 2 rings (SSSR count). The van der Waals surface area contributed by atoms with Crippen molar-refractivity contribution in [1.82, 2.24) is 0 Å². The van der Waals surface area contributed by atoms with Crippen molar-refractivity contribution in [2.45, 2.75) is 30.1 Å². The van der Waals surface area contributed by atoms with Crippen molar-refractivity contribution in [3.63, 3.8) is 0 Å².